The molecule has 2 fully saturated rings. The number of benzene rings is 2. The molecule has 0 radical (unpaired) electrons. The number of nitrogens with one attached hydrogen (secondary N) is 2. The lowest BCUT2D eigenvalue weighted by molar-refractivity contribution is -0.113. The van der Waals surface area contributed by atoms with Gasteiger partial charge >= 0.3 is 0 Å². The van der Waals surface area contributed by atoms with Crippen LogP contribution in [0, 0.1) is 0 Å². The number of carbonyl (C=O) groups is 1. The number of imidazole rings is 1. The van der Waals surface area contributed by atoms with Crippen LogP contribution >= 0.6 is 11.6 Å². The van der Waals surface area contributed by atoms with E-state index in [1.54, 1.807) is 30.3 Å². The number of aromatic nitrogens is 3. The predicted octanol–water partition coefficient (Wildman–Crippen LogP) is 0.0169. The van der Waals surface area contributed by atoms with E-state index in [9.17, 15) is 30.3 Å². The minimum Gasteiger partial charge on any atom is -0.456 e. The molecule has 2 saturated heterocycles. The number of amides is 1. The molecule has 2 aromatic heterocycles. The molecule has 15 heteroatoms. The summed E-state index contributed by atoms with van der Waals surface area (Å²) in [5, 5.41) is 60.8. The van der Waals surface area contributed by atoms with Crippen molar-refractivity contribution < 1.29 is 49.6 Å². The van der Waals surface area contributed by atoms with Crippen molar-refractivity contribution in [3.05, 3.63) is 65.2 Å². The van der Waals surface area contributed by atoms with Crippen LogP contribution in [0.25, 0.3) is 33.5 Å². The second kappa shape index (κ2) is 13.6. The molecule has 244 valence electrons. The van der Waals surface area contributed by atoms with Gasteiger partial charge in [-0.25, -0.2) is 4.98 Å². The molecular formula is C31H33ClN4O10. The van der Waals surface area contributed by atoms with E-state index in [-0.39, 0.29) is 31.9 Å². The Balaban J connectivity index is 1.08. The largest absolute Gasteiger partial charge is 0.456 e. The van der Waals surface area contributed by atoms with E-state index in [0.717, 1.165) is 16.7 Å². The normalized spacial score (nSPS) is 23.5. The minimum atomic E-state index is -1.78. The number of pyridine rings is 1. The van der Waals surface area contributed by atoms with Gasteiger partial charge in [-0.05, 0) is 29.3 Å². The first kappa shape index (κ1) is 32.2. The second-order valence-corrected chi connectivity index (χ2v) is 11.6. The highest BCUT2D eigenvalue weighted by atomic mass is 35.5. The first-order valence-electron chi connectivity index (χ1n) is 14.6. The zero-order chi connectivity index (χ0) is 32.5. The van der Waals surface area contributed by atoms with Gasteiger partial charge in [-0.3, -0.25) is 4.79 Å². The maximum atomic E-state index is 12.5. The Morgan fingerprint density at radius 2 is 1.57 bits per heavy atom. The molecule has 8 atom stereocenters. The number of hydrogen-bond acceptors (Lipinski definition) is 12. The van der Waals surface area contributed by atoms with Crippen LogP contribution in [0.1, 0.15) is 10.4 Å². The Morgan fingerprint density at radius 3 is 2.26 bits per heavy atom. The summed E-state index contributed by atoms with van der Waals surface area (Å²) in [6.07, 6.45) is -8.64. The van der Waals surface area contributed by atoms with Crippen molar-refractivity contribution >= 4 is 28.7 Å². The van der Waals surface area contributed by atoms with Gasteiger partial charge in [0.25, 0.3) is 11.9 Å². The first-order chi connectivity index (χ1) is 22.1. The van der Waals surface area contributed by atoms with E-state index in [1.165, 1.54) is 0 Å². The van der Waals surface area contributed by atoms with Gasteiger partial charge in [-0.2, -0.15) is 4.98 Å². The summed E-state index contributed by atoms with van der Waals surface area (Å²) in [4.78, 5) is 24.7. The van der Waals surface area contributed by atoms with E-state index in [2.05, 4.69) is 20.3 Å². The smallest absolute Gasteiger partial charge is 0.296 e. The summed E-state index contributed by atoms with van der Waals surface area (Å²) >= 11 is 6.59. The Labute approximate surface area is 267 Å². The van der Waals surface area contributed by atoms with Gasteiger partial charge in [0.1, 0.15) is 36.6 Å². The summed E-state index contributed by atoms with van der Waals surface area (Å²) in [6, 6.07) is 16.2. The highest BCUT2D eigenvalue weighted by Gasteiger charge is 2.48. The fourth-order valence-corrected chi connectivity index (χ4v) is 5.72. The van der Waals surface area contributed by atoms with Crippen LogP contribution in [-0.2, 0) is 9.47 Å². The number of halogens is 1. The maximum Gasteiger partial charge on any atom is 0.296 e. The molecule has 0 aliphatic carbocycles. The summed E-state index contributed by atoms with van der Waals surface area (Å²) in [6.45, 7) is -0.713. The molecule has 1 amide bonds. The van der Waals surface area contributed by atoms with Crippen LogP contribution in [0.5, 0.6) is 6.01 Å². The molecule has 2 aliphatic heterocycles. The average Bonchev–Trinajstić information content (AvgIpc) is 3.78. The summed E-state index contributed by atoms with van der Waals surface area (Å²) < 4.78 is 17.2. The fraction of sp³-hybridized carbons (Fsp3) is 0.387. The number of nitrogens with zero attached hydrogens (tertiary/aromatic N) is 2. The molecule has 2 aromatic carbocycles. The summed E-state index contributed by atoms with van der Waals surface area (Å²) in [5.74, 6) is -0.514. The number of aliphatic hydroxyl groups excluding tert-OH is 6. The molecule has 0 spiro atoms. The third-order valence-corrected chi connectivity index (χ3v) is 8.37. The number of carbonyl (C=O) groups excluding carboxylic acids is 1. The van der Waals surface area contributed by atoms with Crippen LogP contribution in [0.15, 0.2) is 54.6 Å². The number of H-pyrrole nitrogens is 1. The minimum absolute atomic E-state index is 0.198. The first-order valence-corrected chi connectivity index (χ1v) is 15.0. The standard InChI is InChI=1S/C31H33ClN4O10/c32-18-9-19-29(36-31(34-19)46-23-13-45-27-22(40)12-44-28(23)27)35-24(18)16-5-1-14(2-6-16)15-3-7-17(8-4-15)30(43)33-10-20(38)25(41)26(42)21(39)11-37/h1-9,20-23,25-28,37-42H,10-13H2,(H,33,43)(H,34,35,36)/t20-,21+,22+,23+,25+,26+,27+,28+/m0/s1. The Bertz CT molecular complexity index is 1670. The third kappa shape index (κ3) is 6.57. The molecule has 0 saturated carbocycles. The quantitative estimate of drug-likeness (QED) is 0.107. The van der Waals surface area contributed by atoms with Crippen molar-refractivity contribution in [1.29, 1.82) is 0 Å². The van der Waals surface area contributed by atoms with Crippen molar-refractivity contribution in [1.82, 2.24) is 20.3 Å². The van der Waals surface area contributed by atoms with Crippen LogP contribution in [0.2, 0.25) is 5.02 Å². The van der Waals surface area contributed by atoms with Crippen LogP contribution in [0.3, 0.4) is 0 Å². The summed E-state index contributed by atoms with van der Waals surface area (Å²) in [5.41, 5.74) is 4.30. The number of aliphatic hydroxyl groups is 6. The molecule has 0 bridgehead atoms. The van der Waals surface area contributed by atoms with Crippen molar-refractivity contribution in [2.45, 2.75) is 48.8 Å². The highest BCUT2D eigenvalue weighted by Crippen LogP contribution is 2.33. The third-order valence-electron chi connectivity index (χ3n) is 8.09. The zero-order valence-electron chi connectivity index (χ0n) is 24.2. The predicted molar refractivity (Wildman–Crippen MR) is 163 cm³/mol. The fourth-order valence-electron chi connectivity index (χ4n) is 5.46. The van der Waals surface area contributed by atoms with Crippen LogP contribution in [0.4, 0.5) is 0 Å². The Hall–Kier alpha value is -3.70. The molecule has 4 aromatic rings. The molecule has 2 aliphatic rings. The number of rotatable bonds is 11. The second-order valence-electron chi connectivity index (χ2n) is 11.2. The van der Waals surface area contributed by atoms with E-state index >= 15 is 0 Å². The van der Waals surface area contributed by atoms with E-state index in [0.29, 0.717) is 27.4 Å². The van der Waals surface area contributed by atoms with E-state index < -0.39 is 55.2 Å². The molecular weight excluding hydrogens is 624 g/mol. The molecule has 8 N–H and O–H groups in total. The van der Waals surface area contributed by atoms with Gasteiger partial charge in [0, 0.05) is 17.7 Å². The lowest BCUT2D eigenvalue weighted by Crippen LogP contribution is -2.49. The lowest BCUT2D eigenvalue weighted by atomic mass is 10.0. The monoisotopic (exact) mass is 656 g/mol. The van der Waals surface area contributed by atoms with Gasteiger partial charge in [-0.15, -0.1) is 0 Å². The SMILES string of the molecule is O=C(NC[C@H](O)[C@@H](O)[C@H](O)[C@H](O)CO)c1ccc(-c2ccc(-c3nc4nc(O[C@@H]5CO[C@H]6[C@@H]5OC[C@H]6O)[nH]c4cc3Cl)cc2)cc1. The van der Waals surface area contributed by atoms with Gasteiger partial charge in [0.05, 0.1) is 42.2 Å². The average molecular weight is 657 g/mol. The molecule has 6 rings (SSSR count). The van der Waals surface area contributed by atoms with Crippen molar-refractivity contribution in [2.75, 3.05) is 26.4 Å². The molecule has 0 unspecified atom stereocenters. The Morgan fingerprint density at radius 1 is 0.935 bits per heavy atom. The number of fused-ring (bicyclic) bond motifs is 2. The van der Waals surface area contributed by atoms with Gasteiger partial charge in [0.2, 0.25) is 0 Å². The zero-order valence-corrected chi connectivity index (χ0v) is 25.0. The number of hydrogen-bond donors (Lipinski definition) is 8. The van der Waals surface area contributed by atoms with Crippen molar-refractivity contribution in [2.24, 2.45) is 0 Å². The Kier molecular flexibility index (Phi) is 9.52. The van der Waals surface area contributed by atoms with E-state index in [4.69, 9.17) is 30.9 Å². The van der Waals surface area contributed by atoms with Gasteiger partial charge in [0.15, 0.2) is 11.8 Å². The van der Waals surface area contributed by atoms with Gasteiger partial charge < -0.3 is 55.2 Å². The molecule has 46 heavy (non-hydrogen) atoms. The number of ether oxygens (including phenoxy) is 3. The maximum absolute atomic E-state index is 12.5. The summed E-state index contributed by atoms with van der Waals surface area (Å²) in [7, 11) is 0. The van der Waals surface area contributed by atoms with Crippen LogP contribution in [-0.4, -0.2) is 127 Å². The molecule has 14 nitrogen and oxygen atoms in total. The van der Waals surface area contributed by atoms with E-state index in [1.807, 2.05) is 24.3 Å². The number of aromatic amines is 1. The van der Waals surface area contributed by atoms with Crippen molar-refractivity contribution in [3.63, 3.8) is 0 Å². The highest BCUT2D eigenvalue weighted by molar-refractivity contribution is 6.33. The van der Waals surface area contributed by atoms with Gasteiger partial charge in [-0.1, -0.05) is 48.0 Å². The topological polar surface area (TPSA) is 220 Å². The molecule has 4 heterocycles. The van der Waals surface area contributed by atoms with Crippen LogP contribution < -0.4 is 10.1 Å². The van der Waals surface area contributed by atoms with Crippen molar-refractivity contribution in [3.8, 4) is 28.4 Å². The lowest BCUT2D eigenvalue weighted by Gasteiger charge is -2.25.